The Morgan fingerprint density at radius 3 is 2.11 bits per heavy atom. The highest BCUT2D eigenvalue weighted by Gasteiger charge is 2.39. The van der Waals surface area contributed by atoms with Crippen molar-refractivity contribution in [3.8, 4) is 0 Å². The molecule has 0 aliphatic carbocycles. The molecule has 0 aromatic heterocycles. The molecule has 1 N–H and O–H groups in total. The second-order valence-corrected chi connectivity index (χ2v) is 7.44. The lowest BCUT2D eigenvalue weighted by molar-refractivity contribution is -0.137. The highest BCUT2D eigenvalue weighted by Crippen LogP contribution is 2.31. The molecule has 0 fully saturated rings. The number of hydrogen-bond donors (Lipinski definition) is 1. The van der Waals surface area contributed by atoms with E-state index < -0.39 is 5.82 Å². The maximum atomic E-state index is 13.3. The molecule has 0 spiro atoms. The van der Waals surface area contributed by atoms with E-state index in [2.05, 4.69) is 5.32 Å². The minimum Gasteiger partial charge on any atom is -0.378 e. The van der Waals surface area contributed by atoms with E-state index in [1.165, 1.54) is 29.2 Å². The lowest BCUT2D eigenvalue weighted by Crippen LogP contribution is -2.35. The van der Waals surface area contributed by atoms with Gasteiger partial charge in [-0.25, -0.2) is 4.39 Å². The molecule has 0 atom stereocenters. The summed E-state index contributed by atoms with van der Waals surface area (Å²) in [6.45, 7) is 4.22. The Morgan fingerprint density at radius 1 is 0.964 bits per heavy atom. The second kappa shape index (κ2) is 7.84. The molecule has 28 heavy (non-hydrogen) atoms. The molecule has 0 unspecified atom stereocenters. The van der Waals surface area contributed by atoms with Gasteiger partial charge in [-0.1, -0.05) is 26.0 Å². The van der Waals surface area contributed by atoms with E-state index in [0.717, 1.165) is 5.69 Å². The fourth-order valence-electron chi connectivity index (χ4n) is 3.09. The van der Waals surface area contributed by atoms with Gasteiger partial charge in [0.25, 0.3) is 11.8 Å². The minimum absolute atomic E-state index is 0.140. The van der Waals surface area contributed by atoms with Crippen molar-refractivity contribution in [1.82, 2.24) is 4.90 Å². The summed E-state index contributed by atoms with van der Waals surface area (Å²) in [5.41, 5.74) is 2.72. The van der Waals surface area contributed by atoms with E-state index in [-0.39, 0.29) is 29.0 Å². The van der Waals surface area contributed by atoms with E-state index in [9.17, 15) is 14.0 Å². The SMILES string of the molecule is CC(C)CN1C(=O)C(Nc2ccc(N(C)C)cc2)=C(c2ccc(F)cc2)C1=O. The van der Waals surface area contributed by atoms with Crippen molar-refractivity contribution in [2.45, 2.75) is 13.8 Å². The number of benzene rings is 2. The van der Waals surface area contributed by atoms with Crippen molar-refractivity contribution >= 4 is 28.8 Å². The van der Waals surface area contributed by atoms with Crippen LogP contribution in [0.15, 0.2) is 54.2 Å². The zero-order valence-electron chi connectivity index (χ0n) is 16.5. The highest BCUT2D eigenvalue weighted by molar-refractivity contribution is 6.36. The third kappa shape index (κ3) is 3.91. The molecule has 0 saturated heterocycles. The van der Waals surface area contributed by atoms with E-state index in [0.29, 0.717) is 17.8 Å². The number of amides is 2. The first-order chi connectivity index (χ1) is 13.3. The highest BCUT2D eigenvalue weighted by atomic mass is 19.1. The third-order valence-electron chi connectivity index (χ3n) is 4.50. The number of halogens is 1. The van der Waals surface area contributed by atoms with Gasteiger partial charge in [0.15, 0.2) is 0 Å². The van der Waals surface area contributed by atoms with Gasteiger partial charge in [-0.05, 0) is 47.9 Å². The number of carbonyl (C=O) groups is 2. The summed E-state index contributed by atoms with van der Waals surface area (Å²) in [5.74, 6) is -0.984. The van der Waals surface area contributed by atoms with Gasteiger partial charge in [-0.2, -0.15) is 0 Å². The molecule has 2 aromatic rings. The Balaban J connectivity index is 2.01. The Bertz CT molecular complexity index is 916. The molecule has 5 nitrogen and oxygen atoms in total. The van der Waals surface area contributed by atoms with Crippen LogP contribution in [-0.2, 0) is 9.59 Å². The van der Waals surface area contributed by atoms with Crippen molar-refractivity contribution in [3.05, 3.63) is 65.6 Å². The fourth-order valence-corrected chi connectivity index (χ4v) is 3.09. The summed E-state index contributed by atoms with van der Waals surface area (Å²) in [7, 11) is 3.89. The second-order valence-electron chi connectivity index (χ2n) is 7.44. The molecule has 1 aliphatic heterocycles. The van der Waals surface area contributed by atoms with Gasteiger partial charge in [-0.3, -0.25) is 14.5 Å². The van der Waals surface area contributed by atoms with Gasteiger partial charge < -0.3 is 10.2 Å². The molecule has 6 heteroatoms. The molecule has 2 aromatic carbocycles. The molecule has 0 bridgehead atoms. The zero-order chi connectivity index (χ0) is 20.4. The van der Waals surface area contributed by atoms with E-state index in [4.69, 9.17) is 0 Å². The van der Waals surface area contributed by atoms with Gasteiger partial charge in [0.2, 0.25) is 0 Å². The number of nitrogens with one attached hydrogen (secondary N) is 1. The standard InChI is InChI=1S/C22H24FN3O2/c1-14(2)13-26-21(27)19(15-5-7-16(23)8-6-15)20(22(26)28)24-17-9-11-18(12-10-17)25(3)4/h5-12,14,24H,13H2,1-4H3. The average molecular weight is 381 g/mol. The van der Waals surface area contributed by atoms with Crippen molar-refractivity contribution < 1.29 is 14.0 Å². The first-order valence-electron chi connectivity index (χ1n) is 9.18. The maximum Gasteiger partial charge on any atom is 0.278 e. The van der Waals surface area contributed by atoms with Crippen LogP contribution in [-0.4, -0.2) is 37.4 Å². The molecule has 3 rings (SSSR count). The lowest BCUT2D eigenvalue weighted by atomic mass is 10.0. The van der Waals surface area contributed by atoms with Crippen molar-refractivity contribution in [3.63, 3.8) is 0 Å². The summed E-state index contributed by atoms with van der Waals surface area (Å²) in [5, 5.41) is 3.11. The summed E-state index contributed by atoms with van der Waals surface area (Å²) >= 11 is 0. The van der Waals surface area contributed by atoms with Crippen molar-refractivity contribution in [2.24, 2.45) is 5.92 Å². The average Bonchev–Trinajstić information content (AvgIpc) is 2.87. The van der Waals surface area contributed by atoms with Crippen LogP contribution < -0.4 is 10.2 Å². The molecular weight excluding hydrogens is 357 g/mol. The van der Waals surface area contributed by atoms with Crippen LogP contribution in [0.2, 0.25) is 0 Å². The van der Waals surface area contributed by atoms with Crippen LogP contribution in [0.25, 0.3) is 5.57 Å². The third-order valence-corrected chi connectivity index (χ3v) is 4.50. The van der Waals surface area contributed by atoms with Crippen LogP contribution in [0.5, 0.6) is 0 Å². The predicted molar refractivity (Wildman–Crippen MR) is 109 cm³/mol. The first-order valence-corrected chi connectivity index (χ1v) is 9.18. The molecule has 1 heterocycles. The van der Waals surface area contributed by atoms with Crippen LogP contribution in [0.3, 0.4) is 0 Å². The van der Waals surface area contributed by atoms with Crippen LogP contribution in [0.4, 0.5) is 15.8 Å². The van der Waals surface area contributed by atoms with Gasteiger partial charge in [0.05, 0.1) is 5.57 Å². The number of carbonyl (C=O) groups excluding carboxylic acids is 2. The normalized spacial score (nSPS) is 14.3. The molecule has 1 aliphatic rings. The molecule has 146 valence electrons. The smallest absolute Gasteiger partial charge is 0.278 e. The largest absolute Gasteiger partial charge is 0.378 e. The quantitative estimate of drug-likeness (QED) is 0.775. The number of rotatable bonds is 6. The number of imide groups is 1. The first kappa shape index (κ1) is 19.6. The van der Waals surface area contributed by atoms with Crippen LogP contribution in [0.1, 0.15) is 19.4 Å². The monoisotopic (exact) mass is 381 g/mol. The maximum absolute atomic E-state index is 13.3. The lowest BCUT2D eigenvalue weighted by Gasteiger charge is -2.17. The fraction of sp³-hybridized carbons (Fsp3) is 0.273. The Morgan fingerprint density at radius 2 is 1.57 bits per heavy atom. The number of hydrogen-bond acceptors (Lipinski definition) is 4. The number of nitrogens with zero attached hydrogens (tertiary/aromatic N) is 2. The summed E-state index contributed by atoms with van der Waals surface area (Å²) in [6.07, 6.45) is 0. The van der Waals surface area contributed by atoms with Crippen molar-refractivity contribution in [1.29, 1.82) is 0 Å². The molecular formula is C22H24FN3O2. The Labute approximate surface area is 164 Å². The Kier molecular flexibility index (Phi) is 5.49. The van der Waals surface area contributed by atoms with Crippen LogP contribution in [0, 0.1) is 11.7 Å². The van der Waals surface area contributed by atoms with Crippen molar-refractivity contribution in [2.75, 3.05) is 30.9 Å². The van der Waals surface area contributed by atoms with Gasteiger partial charge in [0, 0.05) is 32.0 Å². The zero-order valence-corrected chi connectivity index (χ0v) is 16.5. The van der Waals surface area contributed by atoms with E-state index >= 15 is 0 Å². The Hall–Kier alpha value is -3.15. The summed E-state index contributed by atoms with van der Waals surface area (Å²) in [4.78, 5) is 29.2. The van der Waals surface area contributed by atoms with Crippen LogP contribution >= 0.6 is 0 Å². The summed E-state index contributed by atoms with van der Waals surface area (Å²) < 4.78 is 13.3. The molecule has 0 saturated carbocycles. The summed E-state index contributed by atoms with van der Waals surface area (Å²) in [6, 6.07) is 13.2. The number of anilines is 2. The van der Waals surface area contributed by atoms with Gasteiger partial charge in [-0.15, -0.1) is 0 Å². The van der Waals surface area contributed by atoms with E-state index in [1.54, 1.807) is 0 Å². The molecule has 0 radical (unpaired) electrons. The van der Waals surface area contributed by atoms with E-state index in [1.807, 2.05) is 57.1 Å². The predicted octanol–water partition coefficient (Wildman–Crippen LogP) is 3.74. The van der Waals surface area contributed by atoms with Gasteiger partial charge in [0.1, 0.15) is 11.5 Å². The minimum atomic E-state index is -0.394. The van der Waals surface area contributed by atoms with Gasteiger partial charge >= 0.3 is 0 Å². The molecule has 2 amide bonds. The topological polar surface area (TPSA) is 52.7 Å².